The molecule has 4 nitrogen and oxygen atoms in total. The summed E-state index contributed by atoms with van der Waals surface area (Å²) in [5, 5.41) is 3.26. The van der Waals surface area contributed by atoms with Crippen LogP contribution in [0.1, 0.15) is 23.1 Å². The normalized spacial score (nSPS) is 15.4. The number of amides is 1. The Morgan fingerprint density at radius 1 is 1.22 bits per heavy atom. The summed E-state index contributed by atoms with van der Waals surface area (Å²) >= 11 is 0. The smallest absolute Gasteiger partial charge is 0.471 e. The second-order valence-corrected chi connectivity index (χ2v) is 6.61. The molecule has 0 atom stereocenters. The van der Waals surface area contributed by atoms with Crippen LogP contribution in [0.25, 0.3) is 0 Å². The lowest BCUT2D eigenvalue weighted by Crippen LogP contribution is -2.41. The van der Waals surface area contributed by atoms with E-state index in [0.29, 0.717) is 17.9 Å². The van der Waals surface area contributed by atoms with Crippen molar-refractivity contribution in [2.75, 3.05) is 23.4 Å². The predicted molar refractivity (Wildman–Crippen MR) is 95.8 cm³/mol. The lowest BCUT2D eigenvalue weighted by Gasteiger charge is -2.27. The number of halogens is 3. The average molecular weight is 375 g/mol. The Hall–Kier alpha value is -2.70. The van der Waals surface area contributed by atoms with Crippen LogP contribution in [-0.2, 0) is 17.8 Å². The molecule has 2 aliphatic heterocycles. The third-order valence-corrected chi connectivity index (χ3v) is 4.83. The van der Waals surface area contributed by atoms with Crippen LogP contribution < -0.4 is 15.0 Å². The number of fused-ring (bicyclic) bond motifs is 2. The number of hydrogen-bond acceptors (Lipinski definition) is 3. The van der Waals surface area contributed by atoms with Gasteiger partial charge in [-0.15, -0.1) is 0 Å². The zero-order valence-corrected chi connectivity index (χ0v) is 14.5. The van der Waals surface area contributed by atoms with E-state index in [1.54, 1.807) is 12.1 Å². The number of rotatable bonds is 3. The van der Waals surface area contributed by atoms with E-state index in [-0.39, 0.29) is 12.2 Å². The van der Waals surface area contributed by atoms with Gasteiger partial charge in [-0.1, -0.05) is 24.3 Å². The first kappa shape index (κ1) is 17.7. The number of carbonyl (C=O) groups is 1. The monoisotopic (exact) mass is 375 g/mol. The molecule has 0 fully saturated rings. The number of nitrogens with zero attached hydrogens (tertiary/aromatic N) is 1. The Morgan fingerprint density at radius 3 is 2.89 bits per heavy atom. The standard InChI is InChI=1S/C20H18F3N2O2/c21-20(22,23)19(26)25(16-7-6-13-8-10-27-17(13)11-16)12-15-4-1-3-14-5-2-9-24-18(14)15/h1,3-4,6-8,11,24H,2,5,9-10,12H2. The molecule has 0 aromatic heterocycles. The van der Waals surface area contributed by atoms with Crippen molar-refractivity contribution in [1.82, 2.24) is 0 Å². The number of aryl methyl sites for hydroxylation is 1. The minimum atomic E-state index is -4.96. The van der Waals surface area contributed by atoms with E-state index in [1.165, 1.54) is 12.1 Å². The number of ether oxygens (including phenoxy) is 1. The molecule has 2 heterocycles. The number of alkyl halides is 3. The largest absolute Gasteiger partial charge is 0.493 e. The second-order valence-electron chi connectivity index (χ2n) is 6.61. The van der Waals surface area contributed by atoms with Crippen molar-refractivity contribution in [3.8, 4) is 5.75 Å². The molecule has 0 aliphatic carbocycles. The maximum atomic E-state index is 13.3. The van der Waals surface area contributed by atoms with Crippen LogP contribution in [0.5, 0.6) is 5.75 Å². The molecule has 0 saturated carbocycles. The van der Waals surface area contributed by atoms with Crippen LogP contribution in [0, 0.1) is 6.42 Å². The van der Waals surface area contributed by atoms with Crippen LogP contribution in [0.3, 0.4) is 0 Å². The highest BCUT2D eigenvalue weighted by Crippen LogP contribution is 2.35. The van der Waals surface area contributed by atoms with Crippen molar-refractivity contribution >= 4 is 17.3 Å². The van der Waals surface area contributed by atoms with E-state index in [1.807, 2.05) is 18.6 Å². The summed E-state index contributed by atoms with van der Waals surface area (Å²) < 4.78 is 45.2. The van der Waals surface area contributed by atoms with Crippen molar-refractivity contribution in [3.63, 3.8) is 0 Å². The van der Waals surface area contributed by atoms with Gasteiger partial charge >= 0.3 is 12.1 Å². The molecular weight excluding hydrogens is 357 g/mol. The SMILES string of the molecule is O=C(N(Cc1cccc2c1NCCC2)c1ccc2c(c1)OC[CH]2)C(F)(F)F. The summed E-state index contributed by atoms with van der Waals surface area (Å²) in [7, 11) is 0. The molecule has 27 heavy (non-hydrogen) atoms. The number of carbonyl (C=O) groups excluding carboxylic acids is 1. The molecule has 0 unspecified atom stereocenters. The van der Waals surface area contributed by atoms with Gasteiger partial charge in [0.1, 0.15) is 5.75 Å². The van der Waals surface area contributed by atoms with Crippen LogP contribution in [0.4, 0.5) is 24.5 Å². The fraction of sp³-hybridized carbons (Fsp3) is 0.300. The van der Waals surface area contributed by atoms with Gasteiger partial charge in [0, 0.05) is 36.0 Å². The van der Waals surface area contributed by atoms with E-state index in [0.717, 1.165) is 41.1 Å². The van der Waals surface area contributed by atoms with E-state index < -0.39 is 12.1 Å². The summed E-state index contributed by atoms with van der Waals surface area (Å²) in [5.74, 6) is -1.40. The number of hydrogen-bond donors (Lipinski definition) is 1. The van der Waals surface area contributed by atoms with Crippen LogP contribution in [0.15, 0.2) is 36.4 Å². The van der Waals surface area contributed by atoms with E-state index in [4.69, 9.17) is 4.74 Å². The minimum Gasteiger partial charge on any atom is -0.493 e. The summed E-state index contributed by atoms with van der Waals surface area (Å²) in [5.41, 5.74) is 3.54. The van der Waals surface area contributed by atoms with Gasteiger partial charge < -0.3 is 10.1 Å². The molecule has 0 bridgehead atoms. The Bertz CT molecular complexity index is 880. The zero-order chi connectivity index (χ0) is 19.0. The van der Waals surface area contributed by atoms with Crippen molar-refractivity contribution in [1.29, 1.82) is 0 Å². The number of para-hydroxylation sites is 1. The van der Waals surface area contributed by atoms with Gasteiger partial charge in [0.2, 0.25) is 0 Å². The molecule has 0 spiro atoms. The van der Waals surface area contributed by atoms with Gasteiger partial charge in [-0.2, -0.15) is 13.2 Å². The van der Waals surface area contributed by atoms with Gasteiger partial charge in [0.25, 0.3) is 0 Å². The predicted octanol–water partition coefficient (Wildman–Crippen LogP) is 4.08. The highest BCUT2D eigenvalue weighted by atomic mass is 19.4. The molecule has 0 saturated heterocycles. The van der Waals surface area contributed by atoms with Crippen LogP contribution in [-0.4, -0.2) is 25.2 Å². The van der Waals surface area contributed by atoms with Crippen molar-refractivity contribution < 1.29 is 22.7 Å². The number of benzene rings is 2. The molecule has 1 N–H and O–H groups in total. The maximum Gasteiger partial charge on any atom is 0.471 e. The Morgan fingerprint density at radius 2 is 2.07 bits per heavy atom. The van der Waals surface area contributed by atoms with Gasteiger partial charge in [0.15, 0.2) is 0 Å². The fourth-order valence-electron chi connectivity index (χ4n) is 3.52. The van der Waals surface area contributed by atoms with Crippen molar-refractivity contribution in [2.24, 2.45) is 0 Å². The quantitative estimate of drug-likeness (QED) is 0.879. The molecule has 2 aromatic rings. The summed E-state index contributed by atoms with van der Waals surface area (Å²) in [6.07, 6.45) is -1.28. The Balaban J connectivity index is 1.72. The average Bonchev–Trinajstić information content (AvgIpc) is 3.12. The molecule has 7 heteroatoms. The zero-order valence-electron chi connectivity index (χ0n) is 14.5. The van der Waals surface area contributed by atoms with Crippen molar-refractivity contribution in [3.05, 3.63) is 59.5 Å². The Kier molecular flexibility index (Phi) is 4.45. The third-order valence-electron chi connectivity index (χ3n) is 4.83. The number of anilines is 2. The first-order valence-corrected chi connectivity index (χ1v) is 8.77. The van der Waals surface area contributed by atoms with E-state index in [9.17, 15) is 18.0 Å². The van der Waals surface area contributed by atoms with Gasteiger partial charge in [-0.05, 0) is 30.0 Å². The van der Waals surface area contributed by atoms with E-state index in [2.05, 4.69) is 5.32 Å². The molecule has 2 aromatic carbocycles. The molecular formula is C20H18F3N2O2. The minimum absolute atomic E-state index is 0.166. The van der Waals surface area contributed by atoms with Gasteiger partial charge in [-0.25, -0.2) is 0 Å². The summed E-state index contributed by atoms with van der Waals surface area (Å²) in [6, 6.07) is 10.2. The fourth-order valence-corrected chi connectivity index (χ4v) is 3.52. The molecule has 1 radical (unpaired) electrons. The van der Waals surface area contributed by atoms with Crippen molar-refractivity contribution in [2.45, 2.75) is 25.6 Å². The molecule has 4 rings (SSSR count). The third kappa shape index (κ3) is 3.46. The lowest BCUT2D eigenvalue weighted by atomic mass is 9.99. The van der Waals surface area contributed by atoms with Crippen LogP contribution in [0.2, 0.25) is 0 Å². The first-order valence-electron chi connectivity index (χ1n) is 8.77. The molecule has 2 aliphatic rings. The number of nitrogens with one attached hydrogen (secondary N) is 1. The maximum absolute atomic E-state index is 13.3. The lowest BCUT2D eigenvalue weighted by molar-refractivity contribution is -0.170. The van der Waals surface area contributed by atoms with Gasteiger partial charge in [0.05, 0.1) is 13.2 Å². The first-order chi connectivity index (χ1) is 12.9. The van der Waals surface area contributed by atoms with Crippen LogP contribution >= 0.6 is 0 Å². The highest BCUT2D eigenvalue weighted by molar-refractivity contribution is 5.97. The Labute approximate surface area is 154 Å². The highest BCUT2D eigenvalue weighted by Gasteiger charge is 2.43. The molecule has 141 valence electrons. The summed E-state index contributed by atoms with van der Waals surface area (Å²) in [6.45, 7) is 0.971. The second kappa shape index (κ2) is 6.79. The van der Waals surface area contributed by atoms with Gasteiger partial charge in [-0.3, -0.25) is 9.69 Å². The molecule has 1 amide bonds. The topological polar surface area (TPSA) is 41.6 Å². The summed E-state index contributed by atoms with van der Waals surface area (Å²) in [4.78, 5) is 12.9. The van der Waals surface area contributed by atoms with E-state index >= 15 is 0 Å².